The molecule has 0 aliphatic rings. The lowest BCUT2D eigenvalue weighted by Crippen LogP contribution is -2.29. The molecule has 0 bridgehead atoms. The van der Waals surface area contributed by atoms with E-state index in [2.05, 4.69) is 23.0 Å². The molecule has 1 N–H and O–H groups in total. The molecular formula is C9H15N3OS. The highest BCUT2D eigenvalue weighted by Crippen LogP contribution is 2.05. The predicted octanol–water partition coefficient (Wildman–Crippen LogP) is 0.663. The molecule has 1 rings (SSSR count). The lowest BCUT2D eigenvalue weighted by molar-refractivity contribution is -0.120. The quantitative estimate of drug-likeness (QED) is 0.725. The normalized spacial score (nSPS) is 12.6. The van der Waals surface area contributed by atoms with E-state index in [1.165, 1.54) is 0 Å². The maximum Gasteiger partial charge on any atom is 0.232 e. The molecule has 78 valence electrons. The average molecular weight is 213 g/mol. The second-order valence-electron chi connectivity index (χ2n) is 3.27. The lowest BCUT2D eigenvalue weighted by Gasteiger charge is -2.06. The first kappa shape index (κ1) is 11.1. The number of nitrogens with one attached hydrogen (secondary N) is 1. The Morgan fingerprint density at radius 1 is 1.79 bits per heavy atom. The van der Waals surface area contributed by atoms with Gasteiger partial charge >= 0.3 is 0 Å². The van der Waals surface area contributed by atoms with E-state index in [0.717, 1.165) is 11.3 Å². The standard InChI is InChI=1S/C9H15N3OS/c1-6-8(5-11-12(6)3)4-10-9(13)7(2)14/h5,7,14H,4H2,1-3H3,(H,10,13). The Hall–Kier alpha value is -0.970. The van der Waals surface area contributed by atoms with Crippen LogP contribution in [0.2, 0.25) is 0 Å². The minimum absolute atomic E-state index is 0.0587. The predicted molar refractivity (Wildman–Crippen MR) is 58.2 cm³/mol. The van der Waals surface area contributed by atoms with Gasteiger partial charge in [-0.3, -0.25) is 9.48 Å². The molecule has 0 aromatic carbocycles. The summed E-state index contributed by atoms with van der Waals surface area (Å²) in [7, 11) is 1.88. The van der Waals surface area contributed by atoms with E-state index in [1.54, 1.807) is 17.8 Å². The third-order valence-electron chi connectivity index (χ3n) is 2.17. The summed E-state index contributed by atoms with van der Waals surface area (Å²) in [6, 6.07) is 0. The molecule has 1 unspecified atom stereocenters. The fourth-order valence-corrected chi connectivity index (χ4v) is 1.14. The first-order valence-electron chi connectivity index (χ1n) is 4.45. The van der Waals surface area contributed by atoms with Crippen LogP contribution in [0, 0.1) is 6.92 Å². The Morgan fingerprint density at radius 3 is 2.86 bits per heavy atom. The van der Waals surface area contributed by atoms with E-state index >= 15 is 0 Å². The van der Waals surface area contributed by atoms with Gasteiger partial charge in [0, 0.05) is 24.8 Å². The number of carbonyl (C=O) groups is 1. The van der Waals surface area contributed by atoms with Crippen LogP contribution in [0.1, 0.15) is 18.2 Å². The van der Waals surface area contributed by atoms with Crippen molar-refractivity contribution in [2.45, 2.75) is 25.6 Å². The fourth-order valence-electron chi connectivity index (χ4n) is 1.05. The molecule has 1 aromatic rings. The number of aryl methyl sites for hydroxylation is 1. The van der Waals surface area contributed by atoms with Crippen molar-refractivity contribution in [1.82, 2.24) is 15.1 Å². The molecule has 1 amide bonds. The Morgan fingerprint density at radius 2 is 2.43 bits per heavy atom. The molecule has 4 nitrogen and oxygen atoms in total. The molecule has 14 heavy (non-hydrogen) atoms. The second kappa shape index (κ2) is 4.50. The largest absolute Gasteiger partial charge is 0.351 e. The van der Waals surface area contributed by atoms with Crippen molar-refractivity contribution < 1.29 is 4.79 Å². The highest BCUT2D eigenvalue weighted by molar-refractivity contribution is 7.81. The maximum atomic E-state index is 11.2. The van der Waals surface area contributed by atoms with Crippen molar-refractivity contribution >= 4 is 18.5 Å². The molecule has 1 aromatic heterocycles. The zero-order valence-corrected chi connectivity index (χ0v) is 9.51. The first-order valence-corrected chi connectivity index (χ1v) is 4.97. The van der Waals surface area contributed by atoms with Gasteiger partial charge in [-0.05, 0) is 13.8 Å². The van der Waals surface area contributed by atoms with Crippen molar-refractivity contribution in [3.05, 3.63) is 17.5 Å². The molecule has 5 heteroatoms. The smallest absolute Gasteiger partial charge is 0.232 e. The molecule has 0 saturated carbocycles. The van der Waals surface area contributed by atoms with Crippen LogP contribution in [0.5, 0.6) is 0 Å². The van der Waals surface area contributed by atoms with Crippen molar-refractivity contribution in [3.8, 4) is 0 Å². The van der Waals surface area contributed by atoms with E-state index in [1.807, 2.05) is 14.0 Å². The van der Waals surface area contributed by atoms with Crippen LogP contribution in [-0.2, 0) is 18.4 Å². The van der Waals surface area contributed by atoms with Gasteiger partial charge in [-0.25, -0.2) is 0 Å². The lowest BCUT2D eigenvalue weighted by atomic mass is 10.2. The zero-order chi connectivity index (χ0) is 10.7. The Bertz CT molecular complexity index is 333. The van der Waals surface area contributed by atoms with Crippen LogP contribution in [0.3, 0.4) is 0 Å². The van der Waals surface area contributed by atoms with Gasteiger partial charge in [-0.15, -0.1) is 0 Å². The summed E-state index contributed by atoms with van der Waals surface area (Å²) >= 11 is 4.04. The van der Waals surface area contributed by atoms with Gasteiger partial charge in [0.15, 0.2) is 0 Å². The monoisotopic (exact) mass is 213 g/mol. The second-order valence-corrected chi connectivity index (χ2v) is 4.05. The van der Waals surface area contributed by atoms with Crippen molar-refractivity contribution in [2.24, 2.45) is 7.05 Å². The highest BCUT2D eigenvalue weighted by Gasteiger charge is 2.09. The Balaban J connectivity index is 2.54. The van der Waals surface area contributed by atoms with Crippen LogP contribution < -0.4 is 5.32 Å². The molecule has 0 saturated heterocycles. The van der Waals surface area contributed by atoms with E-state index in [9.17, 15) is 4.79 Å². The summed E-state index contributed by atoms with van der Waals surface area (Å²) in [6.45, 7) is 4.23. The minimum atomic E-state index is -0.271. The van der Waals surface area contributed by atoms with Crippen LogP contribution in [0.25, 0.3) is 0 Å². The summed E-state index contributed by atoms with van der Waals surface area (Å²) in [5.74, 6) is -0.0587. The topological polar surface area (TPSA) is 46.9 Å². The van der Waals surface area contributed by atoms with Gasteiger partial charge in [-0.2, -0.15) is 17.7 Å². The first-order chi connectivity index (χ1) is 6.52. The van der Waals surface area contributed by atoms with Crippen LogP contribution in [-0.4, -0.2) is 20.9 Å². The SMILES string of the molecule is Cc1c(CNC(=O)C(C)S)cnn1C. The van der Waals surface area contributed by atoms with Crippen molar-refractivity contribution in [2.75, 3.05) is 0 Å². The van der Waals surface area contributed by atoms with Crippen LogP contribution in [0.15, 0.2) is 6.20 Å². The number of rotatable bonds is 3. The molecule has 0 spiro atoms. The number of hydrogen-bond acceptors (Lipinski definition) is 3. The van der Waals surface area contributed by atoms with E-state index in [-0.39, 0.29) is 11.2 Å². The summed E-state index contributed by atoms with van der Waals surface area (Å²) in [5.41, 5.74) is 2.10. The third kappa shape index (κ3) is 2.51. The molecule has 0 aliphatic heterocycles. The molecule has 0 fully saturated rings. The molecular weight excluding hydrogens is 198 g/mol. The number of aromatic nitrogens is 2. The van der Waals surface area contributed by atoms with E-state index in [4.69, 9.17) is 0 Å². The average Bonchev–Trinajstić information content (AvgIpc) is 2.44. The number of hydrogen-bond donors (Lipinski definition) is 2. The molecule has 0 aliphatic carbocycles. The van der Waals surface area contributed by atoms with E-state index < -0.39 is 0 Å². The molecule has 0 radical (unpaired) electrons. The Kier molecular flexibility index (Phi) is 3.57. The highest BCUT2D eigenvalue weighted by atomic mass is 32.1. The number of nitrogens with zero attached hydrogens (tertiary/aromatic N) is 2. The summed E-state index contributed by atoms with van der Waals surface area (Å²) in [6.07, 6.45) is 1.76. The van der Waals surface area contributed by atoms with Gasteiger partial charge in [0.2, 0.25) is 5.91 Å². The van der Waals surface area contributed by atoms with Crippen molar-refractivity contribution in [3.63, 3.8) is 0 Å². The Labute approximate surface area is 89.1 Å². The maximum absolute atomic E-state index is 11.2. The number of amides is 1. The van der Waals surface area contributed by atoms with Gasteiger partial charge < -0.3 is 5.32 Å². The molecule has 1 atom stereocenters. The number of thiol groups is 1. The summed E-state index contributed by atoms with van der Waals surface area (Å²) in [4.78, 5) is 11.2. The summed E-state index contributed by atoms with van der Waals surface area (Å²) in [5, 5.41) is 6.60. The van der Waals surface area contributed by atoms with Gasteiger partial charge in [0.05, 0.1) is 11.4 Å². The molecule has 1 heterocycles. The fraction of sp³-hybridized carbons (Fsp3) is 0.556. The van der Waals surface area contributed by atoms with Crippen molar-refractivity contribution in [1.29, 1.82) is 0 Å². The third-order valence-corrected chi connectivity index (χ3v) is 2.40. The van der Waals surface area contributed by atoms with Crippen LogP contribution >= 0.6 is 12.6 Å². The van der Waals surface area contributed by atoms with E-state index in [0.29, 0.717) is 6.54 Å². The van der Waals surface area contributed by atoms with Gasteiger partial charge in [0.1, 0.15) is 0 Å². The van der Waals surface area contributed by atoms with Gasteiger partial charge in [-0.1, -0.05) is 0 Å². The number of carbonyl (C=O) groups excluding carboxylic acids is 1. The summed E-state index contributed by atoms with van der Waals surface area (Å²) < 4.78 is 1.78. The van der Waals surface area contributed by atoms with Crippen LogP contribution in [0.4, 0.5) is 0 Å². The van der Waals surface area contributed by atoms with Gasteiger partial charge in [0.25, 0.3) is 0 Å². The minimum Gasteiger partial charge on any atom is -0.351 e. The zero-order valence-electron chi connectivity index (χ0n) is 8.61.